The summed E-state index contributed by atoms with van der Waals surface area (Å²) in [7, 11) is 0. The first-order valence-corrected chi connectivity index (χ1v) is 5.62. The zero-order valence-corrected chi connectivity index (χ0v) is 10.0. The van der Waals surface area contributed by atoms with Gasteiger partial charge in [0.1, 0.15) is 12.4 Å². The molecule has 0 fully saturated rings. The largest absolute Gasteiger partial charge is 0.480 e. The number of fused-ring (bicyclic) bond motifs is 1. The smallest absolute Gasteiger partial charge is 0.323 e. The molecule has 1 aromatic rings. The lowest BCUT2D eigenvalue weighted by Gasteiger charge is -2.27. The minimum atomic E-state index is -1.06. The van der Waals surface area contributed by atoms with Gasteiger partial charge in [-0.1, -0.05) is 0 Å². The van der Waals surface area contributed by atoms with Gasteiger partial charge in [0, 0.05) is 24.7 Å². The minimum Gasteiger partial charge on any atom is -0.480 e. The van der Waals surface area contributed by atoms with E-state index in [2.05, 4.69) is 15.3 Å². The van der Waals surface area contributed by atoms with Crippen molar-refractivity contribution in [3.05, 3.63) is 23.3 Å². The summed E-state index contributed by atoms with van der Waals surface area (Å²) in [4.78, 5) is 32.0. The quantitative estimate of drug-likeness (QED) is 0.766. The van der Waals surface area contributed by atoms with Crippen LogP contribution in [0.25, 0.3) is 0 Å². The lowest BCUT2D eigenvalue weighted by molar-refractivity contribution is -0.135. The molecule has 0 aliphatic carbocycles. The van der Waals surface area contributed by atoms with E-state index in [1.165, 1.54) is 0 Å². The second-order valence-corrected chi connectivity index (χ2v) is 4.11. The molecule has 0 bridgehead atoms. The summed E-state index contributed by atoms with van der Waals surface area (Å²) in [5, 5.41) is 10.8. The highest BCUT2D eigenvalue weighted by Crippen LogP contribution is 2.16. The predicted molar refractivity (Wildman–Crippen MR) is 61.9 cm³/mol. The van der Waals surface area contributed by atoms with Crippen molar-refractivity contribution in [2.45, 2.75) is 19.9 Å². The number of nitrogens with one attached hydrogen (secondary N) is 1. The SMILES string of the molecule is Cc1ncc2c(n1)CCN(C(=O)NCC(=O)O)C2. The number of rotatable bonds is 2. The van der Waals surface area contributed by atoms with Crippen LogP contribution >= 0.6 is 0 Å². The van der Waals surface area contributed by atoms with Gasteiger partial charge in [-0.2, -0.15) is 0 Å². The van der Waals surface area contributed by atoms with Crippen LogP contribution in [0, 0.1) is 6.92 Å². The molecular weight excluding hydrogens is 236 g/mol. The number of nitrogens with zero attached hydrogens (tertiary/aromatic N) is 3. The Balaban J connectivity index is 2.01. The average molecular weight is 250 g/mol. The molecule has 0 unspecified atom stereocenters. The summed E-state index contributed by atoms with van der Waals surface area (Å²) in [5.74, 6) is -0.336. The predicted octanol–water partition coefficient (Wildman–Crippen LogP) is -0.0627. The molecule has 96 valence electrons. The van der Waals surface area contributed by atoms with Crippen molar-refractivity contribution >= 4 is 12.0 Å². The summed E-state index contributed by atoms with van der Waals surface area (Å²) in [5.41, 5.74) is 1.88. The van der Waals surface area contributed by atoms with Gasteiger partial charge in [0.05, 0.1) is 12.2 Å². The topological polar surface area (TPSA) is 95.4 Å². The van der Waals surface area contributed by atoms with E-state index in [1.54, 1.807) is 11.1 Å². The molecule has 0 atom stereocenters. The maximum atomic E-state index is 11.7. The molecule has 2 heterocycles. The van der Waals surface area contributed by atoms with Gasteiger partial charge in [-0.05, 0) is 6.92 Å². The first-order valence-electron chi connectivity index (χ1n) is 5.62. The first-order chi connectivity index (χ1) is 8.56. The number of aliphatic carboxylic acids is 1. The Morgan fingerprint density at radius 2 is 2.33 bits per heavy atom. The highest BCUT2D eigenvalue weighted by molar-refractivity contribution is 5.80. The van der Waals surface area contributed by atoms with Gasteiger partial charge in [-0.3, -0.25) is 4.79 Å². The molecule has 2 N–H and O–H groups in total. The number of urea groups is 1. The number of hydrogen-bond donors (Lipinski definition) is 2. The molecule has 1 aromatic heterocycles. The van der Waals surface area contributed by atoms with E-state index in [1.807, 2.05) is 6.92 Å². The van der Waals surface area contributed by atoms with Gasteiger partial charge in [-0.25, -0.2) is 14.8 Å². The van der Waals surface area contributed by atoms with Gasteiger partial charge in [0.15, 0.2) is 0 Å². The molecule has 1 aliphatic heterocycles. The molecule has 1 aliphatic rings. The van der Waals surface area contributed by atoms with Crippen LogP contribution in [0.4, 0.5) is 4.79 Å². The van der Waals surface area contributed by atoms with Gasteiger partial charge in [0.25, 0.3) is 0 Å². The lowest BCUT2D eigenvalue weighted by atomic mass is 10.1. The van der Waals surface area contributed by atoms with E-state index < -0.39 is 5.97 Å². The molecule has 0 spiro atoms. The van der Waals surface area contributed by atoms with Crippen molar-refractivity contribution in [1.29, 1.82) is 0 Å². The van der Waals surface area contributed by atoms with Gasteiger partial charge in [-0.15, -0.1) is 0 Å². The standard InChI is InChI=1S/C11H14N4O3/c1-7-12-4-8-6-15(3-2-9(8)14-7)11(18)13-5-10(16)17/h4H,2-3,5-6H2,1H3,(H,13,18)(H,16,17). The third-order valence-electron chi connectivity index (χ3n) is 2.73. The Labute approximate surface area is 104 Å². The molecule has 2 amide bonds. The van der Waals surface area contributed by atoms with Crippen LogP contribution in [0.1, 0.15) is 17.1 Å². The Morgan fingerprint density at radius 3 is 3.06 bits per heavy atom. The van der Waals surface area contributed by atoms with Crippen molar-refractivity contribution < 1.29 is 14.7 Å². The molecule has 2 rings (SSSR count). The number of carboxylic acids is 1. The number of amides is 2. The van der Waals surface area contributed by atoms with Crippen molar-refractivity contribution in [2.24, 2.45) is 0 Å². The van der Waals surface area contributed by atoms with Crippen LogP contribution in [-0.2, 0) is 17.8 Å². The third kappa shape index (κ3) is 2.73. The summed E-state index contributed by atoms with van der Waals surface area (Å²) in [6, 6.07) is -0.372. The molecule has 0 aromatic carbocycles. The number of carbonyl (C=O) groups excluding carboxylic acids is 1. The van der Waals surface area contributed by atoms with E-state index >= 15 is 0 Å². The summed E-state index contributed by atoms with van der Waals surface area (Å²) >= 11 is 0. The van der Waals surface area contributed by atoms with Gasteiger partial charge in [0.2, 0.25) is 0 Å². The van der Waals surface area contributed by atoms with Crippen LogP contribution in [0.5, 0.6) is 0 Å². The van der Waals surface area contributed by atoms with E-state index in [0.29, 0.717) is 19.5 Å². The van der Waals surface area contributed by atoms with Crippen LogP contribution in [-0.4, -0.2) is 45.1 Å². The number of hydrogen-bond acceptors (Lipinski definition) is 4. The highest BCUT2D eigenvalue weighted by atomic mass is 16.4. The normalized spacial score (nSPS) is 13.9. The Kier molecular flexibility index (Phi) is 3.40. The fraction of sp³-hybridized carbons (Fsp3) is 0.455. The second-order valence-electron chi connectivity index (χ2n) is 4.11. The van der Waals surface area contributed by atoms with Crippen LogP contribution in [0.2, 0.25) is 0 Å². The Bertz CT molecular complexity index is 489. The number of carbonyl (C=O) groups is 2. The maximum Gasteiger partial charge on any atom is 0.323 e. The summed E-state index contributed by atoms with van der Waals surface area (Å²) < 4.78 is 0. The van der Waals surface area contributed by atoms with E-state index in [9.17, 15) is 9.59 Å². The molecular formula is C11H14N4O3. The average Bonchev–Trinajstić information content (AvgIpc) is 2.35. The Morgan fingerprint density at radius 1 is 1.56 bits per heavy atom. The number of aromatic nitrogens is 2. The number of carboxylic acid groups (broad SMARTS) is 1. The molecule has 0 saturated carbocycles. The lowest BCUT2D eigenvalue weighted by Crippen LogP contribution is -2.44. The monoisotopic (exact) mass is 250 g/mol. The highest BCUT2D eigenvalue weighted by Gasteiger charge is 2.22. The zero-order chi connectivity index (χ0) is 13.1. The van der Waals surface area contributed by atoms with Crippen molar-refractivity contribution in [2.75, 3.05) is 13.1 Å². The summed E-state index contributed by atoms with van der Waals surface area (Å²) in [6.45, 7) is 2.41. The van der Waals surface area contributed by atoms with Crippen molar-refractivity contribution in [3.8, 4) is 0 Å². The van der Waals surface area contributed by atoms with E-state index in [4.69, 9.17) is 5.11 Å². The van der Waals surface area contributed by atoms with Crippen LogP contribution in [0.15, 0.2) is 6.20 Å². The van der Waals surface area contributed by atoms with Crippen LogP contribution in [0.3, 0.4) is 0 Å². The first kappa shape index (κ1) is 12.3. The molecule has 0 radical (unpaired) electrons. The summed E-state index contributed by atoms with van der Waals surface area (Å²) in [6.07, 6.45) is 2.38. The fourth-order valence-corrected chi connectivity index (χ4v) is 1.85. The second kappa shape index (κ2) is 4.99. The van der Waals surface area contributed by atoms with Gasteiger partial charge >= 0.3 is 12.0 Å². The molecule has 0 saturated heterocycles. The van der Waals surface area contributed by atoms with Gasteiger partial charge < -0.3 is 15.3 Å². The fourth-order valence-electron chi connectivity index (χ4n) is 1.85. The third-order valence-corrected chi connectivity index (χ3v) is 2.73. The van der Waals surface area contributed by atoms with E-state index in [0.717, 1.165) is 17.1 Å². The minimum absolute atomic E-state index is 0.368. The molecule has 18 heavy (non-hydrogen) atoms. The van der Waals surface area contributed by atoms with Crippen LogP contribution < -0.4 is 5.32 Å². The number of aryl methyl sites for hydroxylation is 1. The molecule has 7 heteroatoms. The van der Waals surface area contributed by atoms with Crippen molar-refractivity contribution in [3.63, 3.8) is 0 Å². The van der Waals surface area contributed by atoms with Crippen molar-refractivity contribution in [1.82, 2.24) is 20.2 Å². The van der Waals surface area contributed by atoms with E-state index in [-0.39, 0.29) is 12.6 Å². The Hall–Kier alpha value is -2.18. The zero-order valence-electron chi connectivity index (χ0n) is 10.0. The maximum absolute atomic E-state index is 11.7. The molecule has 7 nitrogen and oxygen atoms in total.